The van der Waals surface area contributed by atoms with Crippen molar-refractivity contribution >= 4 is 28.7 Å². The van der Waals surface area contributed by atoms with Crippen molar-refractivity contribution in [1.82, 2.24) is 19.8 Å². The molecule has 35 heavy (non-hydrogen) atoms. The van der Waals surface area contributed by atoms with Crippen LogP contribution in [0.5, 0.6) is 11.6 Å². The lowest BCUT2D eigenvalue weighted by atomic mass is 10.2. The lowest BCUT2D eigenvalue weighted by molar-refractivity contribution is -0.142. The van der Waals surface area contributed by atoms with E-state index in [2.05, 4.69) is 9.88 Å². The van der Waals surface area contributed by atoms with E-state index >= 15 is 0 Å². The van der Waals surface area contributed by atoms with Crippen molar-refractivity contribution in [3.63, 3.8) is 0 Å². The van der Waals surface area contributed by atoms with Crippen LogP contribution in [0.15, 0.2) is 54.7 Å². The zero-order chi connectivity index (χ0) is 24.8. The quantitative estimate of drug-likeness (QED) is 0.482. The Morgan fingerprint density at radius 2 is 1.97 bits per heavy atom. The molecule has 3 heterocycles. The van der Waals surface area contributed by atoms with Crippen LogP contribution in [0.25, 0.3) is 16.6 Å². The van der Waals surface area contributed by atoms with Gasteiger partial charge in [-0.05, 0) is 43.3 Å². The molecule has 4 rings (SSSR count). The molecule has 0 radical (unpaired) electrons. The largest absolute Gasteiger partial charge is 0.439 e. The number of aromatic nitrogens is 2. The standard InChI is InChI=1S/C26H30N6O3/c1-18(34-2)26(33)32-13-11-31(12-14-32)17-21-5-3-19-15-22(6-7-24(19)30-21)35-25-8-4-20(16-29-25)23(28)9-10-27/h3-10,15-16,18,27H,11-14,17,28H2,1-2H3/b23-9-,27-10?/t18-/m1/s1. The number of nitrogens with zero attached hydrogens (tertiary/aromatic N) is 4. The molecule has 0 unspecified atom stereocenters. The molecule has 1 aromatic carbocycles. The predicted octanol–water partition coefficient (Wildman–Crippen LogP) is 3.05. The number of carbonyl (C=O) groups excluding carboxylic acids is 1. The number of pyridine rings is 2. The van der Waals surface area contributed by atoms with Crippen LogP contribution in [0, 0.1) is 5.41 Å². The topological polar surface area (TPSA) is 118 Å². The summed E-state index contributed by atoms with van der Waals surface area (Å²) in [7, 11) is 1.56. The number of allylic oxidation sites excluding steroid dienone is 1. The normalized spacial score (nSPS) is 15.7. The zero-order valence-corrected chi connectivity index (χ0v) is 20.0. The lowest BCUT2D eigenvalue weighted by Gasteiger charge is -2.35. The summed E-state index contributed by atoms with van der Waals surface area (Å²) in [6, 6.07) is 13.4. The number of fused-ring (bicyclic) bond motifs is 1. The van der Waals surface area contributed by atoms with E-state index in [0.717, 1.165) is 48.0 Å². The van der Waals surface area contributed by atoms with E-state index < -0.39 is 6.10 Å². The Hall–Kier alpha value is -3.82. The van der Waals surface area contributed by atoms with E-state index in [1.54, 1.807) is 32.4 Å². The molecular weight excluding hydrogens is 444 g/mol. The summed E-state index contributed by atoms with van der Waals surface area (Å²) in [5.74, 6) is 1.17. The first-order chi connectivity index (χ1) is 17.0. The van der Waals surface area contributed by atoms with Crippen molar-refractivity contribution in [2.75, 3.05) is 33.3 Å². The molecule has 0 bridgehead atoms. The predicted molar refractivity (Wildman–Crippen MR) is 135 cm³/mol. The van der Waals surface area contributed by atoms with Crippen LogP contribution in [0.1, 0.15) is 18.2 Å². The Morgan fingerprint density at radius 3 is 2.66 bits per heavy atom. The summed E-state index contributed by atoms with van der Waals surface area (Å²) in [6.07, 6.45) is 3.86. The number of carbonyl (C=O) groups is 1. The minimum atomic E-state index is -0.401. The van der Waals surface area contributed by atoms with Gasteiger partial charge < -0.3 is 25.5 Å². The Balaban J connectivity index is 1.37. The monoisotopic (exact) mass is 474 g/mol. The Bertz CT molecular complexity index is 1220. The molecule has 2 aromatic heterocycles. The molecule has 1 atom stereocenters. The van der Waals surface area contributed by atoms with Crippen LogP contribution in [-0.4, -0.2) is 71.3 Å². The third kappa shape index (κ3) is 6.00. The van der Waals surface area contributed by atoms with E-state index in [1.165, 1.54) is 6.08 Å². The highest BCUT2D eigenvalue weighted by atomic mass is 16.5. The molecule has 9 nitrogen and oxygen atoms in total. The molecule has 1 saturated heterocycles. The fourth-order valence-electron chi connectivity index (χ4n) is 3.93. The molecule has 182 valence electrons. The van der Waals surface area contributed by atoms with Gasteiger partial charge in [0.2, 0.25) is 5.88 Å². The van der Waals surface area contributed by atoms with Gasteiger partial charge in [-0.1, -0.05) is 6.07 Å². The van der Waals surface area contributed by atoms with Crippen LogP contribution in [0.4, 0.5) is 0 Å². The molecule has 1 fully saturated rings. The van der Waals surface area contributed by atoms with Crippen molar-refractivity contribution in [1.29, 1.82) is 5.41 Å². The second-order valence-corrected chi connectivity index (χ2v) is 8.41. The summed E-state index contributed by atoms with van der Waals surface area (Å²) in [5, 5.41) is 8.08. The highest BCUT2D eigenvalue weighted by Gasteiger charge is 2.24. The zero-order valence-electron chi connectivity index (χ0n) is 20.0. The SMILES string of the molecule is CO[C@H](C)C(=O)N1CCN(Cc2ccc3cc(Oc4ccc(/C(N)=C/C=N)cn4)ccc3n2)CC1. The van der Waals surface area contributed by atoms with E-state index in [0.29, 0.717) is 30.4 Å². The molecule has 1 amide bonds. The van der Waals surface area contributed by atoms with Gasteiger partial charge in [-0.25, -0.2) is 4.98 Å². The second-order valence-electron chi connectivity index (χ2n) is 8.41. The number of piperazine rings is 1. The van der Waals surface area contributed by atoms with Crippen LogP contribution < -0.4 is 10.5 Å². The summed E-state index contributed by atoms with van der Waals surface area (Å²) >= 11 is 0. The summed E-state index contributed by atoms with van der Waals surface area (Å²) in [5.41, 5.74) is 8.96. The van der Waals surface area contributed by atoms with Crippen molar-refractivity contribution in [2.24, 2.45) is 5.73 Å². The van der Waals surface area contributed by atoms with E-state index in [1.807, 2.05) is 35.2 Å². The van der Waals surface area contributed by atoms with Crippen LogP contribution in [0.3, 0.4) is 0 Å². The van der Waals surface area contributed by atoms with Gasteiger partial charge in [0.1, 0.15) is 11.9 Å². The van der Waals surface area contributed by atoms with Crippen molar-refractivity contribution in [2.45, 2.75) is 19.6 Å². The maximum Gasteiger partial charge on any atom is 0.251 e. The molecule has 3 aromatic rings. The highest BCUT2D eigenvalue weighted by Crippen LogP contribution is 2.25. The van der Waals surface area contributed by atoms with Gasteiger partial charge in [-0.3, -0.25) is 14.7 Å². The van der Waals surface area contributed by atoms with E-state index in [-0.39, 0.29) is 5.91 Å². The van der Waals surface area contributed by atoms with Gasteiger partial charge in [0.25, 0.3) is 5.91 Å². The maximum absolute atomic E-state index is 12.3. The molecule has 0 spiro atoms. The molecule has 9 heteroatoms. The van der Waals surface area contributed by atoms with Crippen molar-refractivity contribution < 1.29 is 14.3 Å². The van der Waals surface area contributed by atoms with Crippen LogP contribution in [0.2, 0.25) is 0 Å². The third-order valence-electron chi connectivity index (χ3n) is 6.04. The Kier molecular flexibility index (Phi) is 7.69. The summed E-state index contributed by atoms with van der Waals surface area (Å²) in [6.45, 7) is 5.53. The number of hydrogen-bond donors (Lipinski definition) is 2. The van der Waals surface area contributed by atoms with E-state index in [9.17, 15) is 4.79 Å². The first-order valence-corrected chi connectivity index (χ1v) is 11.5. The molecule has 1 aliphatic heterocycles. The third-order valence-corrected chi connectivity index (χ3v) is 6.04. The van der Waals surface area contributed by atoms with Gasteiger partial charge >= 0.3 is 0 Å². The van der Waals surface area contributed by atoms with Crippen molar-refractivity contribution in [3.8, 4) is 11.6 Å². The first-order valence-electron chi connectivity index (χ1n) is 11.5. The molecule has 0 aliphatic carbocycles. The Morgan fingerprint density at radius 1 is 1.17 bits per heavy atom. The Labute approximate surface area is 204 Å². The van der Waals surface area contributed by atoms with Gasteiger partial charge in [-0.15, -0.1) is 0 Å². The average molecular weight is 475 g/mol. The van der Waals surface area contributed by atoms with Gasteiger partial charge in [0.15, 0.2) is 0 Å². The second kappa shape index (κ2) is 11.1. The maximum atomic E-state index is 12.3. The number of ether oxygens (including phenoxy) is 2. The highest BCUT2D eigenvalue weighted by molar-refractivity contribution is 5.82. The number of benzene rings is 1. The number of nitrogens with one attached hydrogen (secondary N) is 1. The fraction of sp³-hybridized carbons (Fsp3) is 0.308. The number of nitrogens with two attached hydrogens (primary N) is 1. The summed E-state index contributed by atoms with van der Waals surface area (Å²) < 4.78 is 11.0. The van der Waals surface area contributed by atoms with E-state index in [4.69, 9.17) is 25.6 Å². The molecule has 3 N–H and O–H groups in total. The number of rotatable bonds is 8. The average Bonchev–Trinajstić information content (AvgIpc) is 2.89. The molecule has 1 aliphatic rings. The molecular formula is C26H30N6O3. The minimum Gasteiger partial charge on any atom is -0.439 e. The van der Waals surface area contributed by atoms with Crippen LogP contribution in [-0.2, 0) is 16.1 Å². The smallest absolute Gasteiger partial charge is 0.251 e. The number of amides is 1. The first kappa shape index (κ1) is 24.3. The summed E-state index contributed by atoms with van der Waals surface area (Å²) in [4.78, 5) is 25.6. The number of methoxy groups -OCH3 is 1. The lowest BCUT2D eigenvalue weighted by Crippen LogP contribution is -2.51. The van der Waals surface area contributed by atoms with Crippen molar-refractivity contribution in [3.05, 3.63) is 66.0 Å². The fourth-order valence-corrected chi connectivity index (χ4v) is 3.93. The van der Waals surface area contributed by atoms with Gasteiger partial charge in [0.05, 0.1) is 11.2 Å². The molecule has 0 saturated carbocycles. The van der Waals surface area contributed by atoms with Gasteiger partial charge in [-0.2, -0.15) is 0 Å². The minimum absolute atomic E-state index is 0.0453. The number of hydrogen-bond acceptors (Lipinski definition) is 8. The van der Waals surface area contributed by atoms with Crippen LogP contribution >= 0.6 is 0 Å². The van der Waals surface area contributed by atoms with Gasteiger partial charge in [0, 0.05) is 75.0 Å².